The highest BCUT2D eigenvalue weighted by Crippen LogP contribution is 2.24. The summed E-state index contributed by atoms with van der Waals surface area (Å²) in [6, 6.07) is 12.3. The van der Waals surface area contributed by atoms with Crippen molar-refractivity contribution in [2.75, 3.05) is 5.32 Å². The minimum Gasteiger partial charge on any atom is -0.325 e. The van der Waals surface area contributed by atoms with E-state index in [9.17, 15) is 18.0 Å². The van der Waals surface area contributed by atoms with Crippen LogP contribution >= 0.6 is 0 Å². The van der Waals surface area contributed by atoms with Crippen molar-refractivity contribution in [3.8, 4) is 0 Å². The Kier molecular flexibility index (Phi) is 5.31. The van der Waals surface area contributed by atoms with Crippen LogP contribution in [-0.2, 0) is 11.2 Å². The molecule has 0 radical (unpaired) electrons. The van der Waals surface area contributed by atoms with Crippen LogP contribution in [0.1, 0.15) is 17.0 Å². The smallest absolute Gasteiger partial charge is 0.232 e. The molecule has 0 aliphatic carbocycles. The van der Waals surface area contributed by atoms with Crippen molar-refractivity contribution in [3.05, 3.63) is 95.6 Å². The topological polar surface area (TPSA) is 42.0 Å². The molecule has 1 N–H and O–H groups in total. The number of halogens is 3. The minimum atomic E-state index is -1.05. The van der Waals surface area contributed by atoms with Crippen molar-refractivity contribution in [1.82, 2.24) is 4.98 Å². The summed E-state index contributed by atoms with van der Waals surface area (Å²) in [6.07, 6.45) is 3.59. The zero-order valence-electron chi connectivity index (χ0n) is 13.6. The van der Waals surface area contributed by atoms with Gasteiger partial charge in [-0.1, -0.05) is 18.2 Å². The van der Waals surface area contributed by atoms with E-state index < -0.39 is 29.3 Å². The number of hydrogen-bond donors (Lipinski definition) is 1. The fourth-order valence-electron chi connectivity index (χ4n) is 2.61. The molecular weight excluding hydrogens is 341 g/mol. The quantitative estimate of drug-likeness (QED) is 0.733. The molecule has 3 aromatic rings. The second-order valence-electron chi connectivity index (χ2n) is 5.79. The van der Waals surface area contributed by atoms with Crippen LogP contribution in [0.4, 0.5) is 18.9 Å². The predicted octanol–water partition coefficient (Wildman–Crippen LogP) is 4.46. The molecule has 0 saturated carbocycles. The number of hydrogen-bond acceptors (Lipinski definition) is 2. The van der Waals surface area contributed by atoms with Crippen molar-refractivity contribution < 1.29 is 18.0 Å². The lowest BCUT2D eigenvalue weighted by Gasteiger charge is -2.17. The Morgan fingerprint density at radius 3 is 2.42 bits per heavy atom. The number of rotatable bonds is 5. The summed E-state index contributed by atoms with van der Waals surface area (Å²) in [6.45, 7) is 0. The maximum atomic E-state index is 13.4. The monoisotopic (exact) mass is 356 g/mol. The van der Waals surface area contributed by atoms with Crippen LogP contribution in [0, 0.1) is 17.5 Å². The van der Waals surface area contributed by atoms with Crippen LogP contribution in [0.3, 0.4) is 0 Å². The molecule has 0 fully saturated rings. The average molecular weight is 356 g/mol. The third-order valence-electron chi connectivity index (χ3n) is 3.94. The van der Waals surface area contributed by atoms with Crippen LogP contribution < -0.4 is 5.32 Å². The third-order valence-corrected chi connectivity index (χ3v) is 3.94. The van der Waals surface area contributed by atoms with Gasteiger partial charge in [0.1, 0.15) is 5.82 Å². The number of anilines is 1. The number of nitrogens with zero attached hydrogens (tertiary/aromatic N) is 1. The van der Waals surface area contributed by atoms with Crippen LogP contribution in [0.25, 0.3) is 0 Å². The van der Waals surface area contributed by atoms with Gasteiger partial charge in [0.2, 0.25) is 5.91 Å². The van der Waals surface area contributed by atoms with Crippen LogP contribution in [-0.4, -0.2) is 10.9 Å². The molecule has 1 heterocycles. The number of benzene rings is 2. The van der Waals surface area contributed by atoms with Gasteiger partial charge in [-0.25, -0.2) is 13.2 Å². The number of carbonyl (C=O) groups is 1. The number of aromatic nitrogens is 1. The molecule has 0 aliphatic heterocycles. The first-order chi connectivity index (χ1) is 12.5. The molecule has 0 bridgehead atoms. The number of carbonyl (C=O) groups excluding carboxylic acids is 1. The van der Waals surface area contributed by atoms with E-state index in [2.05, 4.69) is 10.3 Å². The lowest BCUT2D eigenvalue weighted by Crippen LogP contribution is -2.23. The van der Waals surface area contributed by atoms with Crippen molar-refractivity contribution in [1.29, 1.82) is 0 Å². The number of pyridine rings is 1. The van der Waals surface area contributed by atoms with E-state index in [1.165, 1.54) is 30.3 Å². The van der Waals surface area contributed by atoms with E-state index >= 15 is 0 Å². The normalized spacial score (nSPS) is 11.8. The van der Waals surface area contributed by atoms with E-state index in [0.29, 0.717) is 12.0 Å². The molecular formula is C20H15F3N2O. The molecule has 0 aliphatic rings. The predicted molar refractivity (Wildman–Crippen MR) is 92.1 cm³/mol. The Balaban J connectivity index is 1.87. The molecule has 3 nitrogen and oxygen atoms in total. The van der Waals surface area contributed by atoms with Gasteiger partial charge < -0.3 is 5.32 Å². The molecule has 2 aromatic carbocycles. The molecule has 0 spiro atoms. The highest BCUT2D eigenvalue weighted by molar-refractivity contribution is 5.96. The fraction of sp³-hybridized carbons (Fsp3) is 0.100. The molecule has 1 unspecified atom stereocenters. The lowest BCUT2D eigenvalue weighted by atomic mass is 9.91. The summed E-state index contributed by atoms with van der Waals surface area (Å²) >= 11 is 0. The van der Waals surface area contributed by atoms with Gasteiger partial charge in [-0.3, -0.25) is 9.78 Å². The zero-order chi connectivity index (χ0) is 18.5. The minimum absolute atomic E-state index is 0.146. The van der Waals surface area contributed by atoms with Crippen molar-refractivity contribution in [2.45, 2.75) is 12.3 Å². The second-order valence-corrected chi connectivity index (χ2v) is 5.79. The molecule has 1 atom stereocenters. The first-order valence-corrected chi connectivity index (χ1v) is 7.93. The Hall–Kier alpha value is -3.15. The van der Waals surface area contributed by atoms with Crippen LogP contribution in [0.15, 0.2) is 67.0 Å². The van der Waals surface area contributed by atoms with Gasteiger partial charge >= 0.3 is 0 Å². The van der Waals surface area contributed by atoms with Gasteiger partial charge in [0.05, 0.1) is 5.92 Å². The maximum absolute atomic E-state index is 13.4. The van der Waals surface area contributed by atoms with Gasteiger partial charge in [-0.05, 0) is 47.9 Å². The molecule has 0 saturated heterocycles. The largest absolute Gasteiger partial charge is 0.325 e. The summed E-state index contributed by atoms with van der Waals surface area (Å²) in [7, 11) is 0. The summed E-state index contributed by atoms with van der Waals surface area (Å²) in [4.78, 5) is 16.8. The number of amides is 1. The first kappa shape index (κ1) is 17.7. The summed E-state index contributed by atoms with van der Waals surface area (Å²) in [5.74, 6) is -3.50. The molecule has 26 heavy (non-hydrogen) atoms. The van der Waals surface area contributed by atoms with Gasteiger partial charge in [-0.2, -0.15) is 0 Å². The second kappa shape index (κ2) is 7.82. The van der Waals surface area contributed by atoms with Gasteiger partial charge in [0, 0.05) is 24.1 Å². The Morgan fingerprint density at radius 1 is 1.00 bits per heavy atom. The SMILES string of the molecule is O=C(Nc1ccc(F)c(F)c1)C(Cc1cccnc1)c1ccc(F)cc1. The van der Waals surface area contributed by atoms with Crippen LogP contribution in [0.2, 0.25) is 0 Å². The molecule has 3 rings (SSSR count). The third kappa shape index (κ3) is 4.27. The summed E-state index contributed by atoms with van der Waals surface area (Å²) < 4.78 is 39.6. The molecule has 6 heteroatoms. The summed E-state index contributed by atoms with van der Waals surface area (Å²) in [5, 5.41) is 2.58. The number of nitrogens with one attached hydrogen (secondary N) is 1. The van der Waals surface area contributed by atoms with E-state index in [0.717, 1.165) is 17.7 Å². The highest BCUT2D eigenvalue weighted by atomic mass is 19.2. The Labute approximate surface area is 148 Å². The molecule has 132 valence electrons. The standard InChI is InChI=1S/C20H15F3N2O/c21-15-5-3-14(4-6-15)17(10-13-2-1-9-24-12-13)20(26)25-16-7-8-18(22)19(23)11-16/h1-9,11-12,17H,10H2,(H,25,26). The highest BCUT2D eigenvalue weighted by Gasteiger charge is 2.22. The Morgan fingerprint density at radius 2 is 1.77 bits per heavy atom. The lowest BCUT2D eigenvalue weighted by molar-refractivity contribution is -0.117. The van der Waals surface area contributed by atoms with Crippen molar-refractivity contribution in [3.63, 3.8) is 0 Å². The van der Waals surface area contributed by atoms with Crippen molar-refractivity contribution >= 4 is 11.6 Å². The Bertz CT molecular complexity index is 899. The van der Waals surface area contributed by atoms with Gasteiger partial charge in [0.15, 0.2) is 11.6 Å². The molecule has 1 aromatic heterocycles. The zero-order valence-corrected chi connectivity index (χ0v) is 13.6. The fourth-order valence-corrected chi connectivity index (χ4v) is 2.61. The average Bonchev–Trinajstić information content (AvgIpc) is 2.64. The van der Waals surface area contributed by atoms with E-state index in [1.807, 2.05) is 6.07 Å². The van der Waals surface area contributed by atoms with Crippen molar-refractivity contribution in [2.24, 2.45) is 0 Å². The van der Waals surface area contributed by atoms with Crippen LogP contribution in [0.5, 0.6) is 0 Å². The van der Waals surface area contributed by atoms with E-state index in [4.69, 9.17) is 0 Å². The summed E-state index contributed by atoms with van der Waals surface area (Å²) in [5.41, 5.74) is 1.57. The molecule has 1 amide bonds. The first-order valence-electron chi connectivity index (χ1n) is 7.93. The maximum Gasteiger partial charge on any atom is 0.232 e. The van der Waals surface area contributed by atoms with Gasteiger partial charge in [-0.15, -0.1) is 0 Å². The van der Waals surface area contributed by atoms with E-state index in [-0.39, 0.29) is 5.69 Å². The van der Waals surface area contributed by atoms with E-state index in [1.54, 1.807) is 18.5 Å². The van der Waals surface area contributed by atoms with Gasteiger partial charge in [0.25, 0.3) is 0 Å².